The first kappa shape index (κ1) is 19.4. The maximum absolute atomic E-state index is 12.1. The molecule has 3 N–H and O–H groups in total. The average molecular weight is 342 g/mol. The van der Waals surface area contributed by atoms with E-state index < -0.39 is 6.04 Å². The number of hydrogen-bond donors (Lipinski definition) is 2. The van der Waals surface area contributed by atoms with Gasteiger partial charge in [0.25, 0.3) is 5.91 Å². The van der Waals surface area contributed by atoms with Crippen LogP contribution >= 0.6 is 12.4 Å². The van der Waals surface area contributed by atoms with Crippen molar-refractivity contribution in [2.75, 3.05) is 26.8 Å². The second-order valence-electron chi connectivity index (χ2n) is 5.50. The van der Waals surface area contributed by atoms with Crippen LogP contribution < -0.4 is 11.1 Å². The van der Waals surface area contributed by atoms with Crippen molar-refractivity contribution in [3.05, 3.63) is 35.9 Å². The SMILES string of the molecule is COCC(N)C(=O)N1CCC(NC(=O)c2ccccc2)CC1.Cl. The maximum atomic E-state index is 12.1. The van der Waals surface area contributed by atoms with Gasteiger partial charge in [0, 0.05) is 31.8 Å². The molecule has 128 valence electrons. The lowest BCUT2D eigenvalue weighted by Crippen LogP contribution is -2.52. The Morgan fingerprint density at radius 3 is 2.48 bits per heavy atom. The van der Waals surface area contributed by atoms with Gasteiger partial charge in [0.05, 0.1) is 6.61 Å². The van der Waals surface area contributed by atoms with Gasteiger partial charge in [0.15, 0.2) is 0 Å². The van der Waals surface area contributed by atoms with Gasteiger partial charge in [-0.05, 0) is 25.0 Å². The molecule has 2 rings (SSSR count). The number of amides is 2. The Morgan fingerprint density at radius 1 is 1.30 bits per heavy atom. The molecular formula is C16H24ClN3O3. The minimum Gasteiger partial charge on any atom is -0.383 e. The summed E-state index contributed by atoms with van der Waals surface area (Å²) in [6.07, 6.45) is 1.48. The summed E-state index contributed by atoms with van der Waals surface area (Å²) in [6, 6.07) is 8.62. The monoisotopic (exact) mass is 341 g/mol. The van der Waals surface area contributed by atoms with Crippen molar-refractivity contribution in [2.24, 2.45) is 5.73 Å². The number of benzene rings is 1. The number of halogens is 1. The summed E-state index contributed by atoms with van der Waals surface area (Å²) >= 11 is 0. The van der Waals surface area contributed by atoms with E-state index in [1.54, 1.807) is 17.0 Å². The fourth-order valence-electron chi connectivity index (χ4n) is 2.59. The number of nitrogens with one attached hydrogen (secondary N) is 1. The Morgan fingerprint density at radius 2 is 1.91 bits per heavy atom. The highest BCUT2D eigenvalue weighted by Crippen LogP contribution is 2.12. The van der Waals surface area contributed by atoms with Gasteiger partial charge in [0.1, 0.15) is 6.04 Å². The average Bonchev–Trinajstić information content (AvgIpc) is 2.56. The molecule has 1 heterocycles. The van der Waals surface area contributed by atoms with Crippen LogP contribution in [0.3, 0.4) is 0 Å². The zero-order valence-corrected chi connectivity index (χ0v) is 14.1. The van der Waals surface area contributed by atoms with Gasteiger partial charge >= 0.3 is 0 Å². The molecule has 1 aliphatic heterocycles. The van der Waals surface area contributed by atoms with Gasteiger partial charge in [-0.3, -0.25) is 9.59 Å². The molecule has 23 heavy (non-hydrogen) atoms. The van der Waals surface area contributed by atoms with Crippen molar-refractivity contribution in [2.45, 2.75) is 24.9 Å². The van der Waals surface area contributed by atoms with Crippen LogP contribution in [0.25, 0.3) is 0 Å². The summed E-state index contributed by atoms with van der Waals surface area (Å²) in [4.78, 5) is 25.9. The standard InChI is InChI=1S/C16H23N3O3.ClH/c1-22-11-14(17)16(21)19-9-7-13(8-10-19)18-15(20)12-5-3-2-4-6-12;/h2-6,13-14H,7-11,17H2,1H3,(H,18,20);1H. The fraction of sp³-hybridized carbons (Fsp3) is 0.500. The number of likely N-dealkylation sites (tertiary alicyclic amines) is 1. The van der Waals surface area contributed by atoms with Gasteiger partial charge in [-0.1, -0.05) is 18.2 Å². The van der Waals surface area contributed by atoms with Gasteiger partial charge in [-0.2, -0.15) is 0 Å². The van der Waals surface area contributed by atoms with Crippen molar-refractivity contribution < 1.29 is 14.3 Å². The van der Waals surface area contributed by atoms with Crippen LogP contribution in [0.15, 0.2) is 30.3 Å². The number of ether oxygens (including phenoxy) is 1. The number of methoxy groups -OCH3 is 1. The van der Waals surface area contributed by atoms with E-state index in [0.717, 1.165) is 12.8 Å². The van der Waals surface area contributed by atoms with E-state index in [0.29, 0.717) is 18.7 Å². The van der Waals surface area contributed by atoms with Crippen LogP contribution in [0.5, 0.6) is 0 Å². The van der Waals surface area contributed by atoms with Crippen LogP contribution in [0, 0.1) is 0 Å². The van der Waals surface area contributed by atoms with Crippen LogP contribution in [0.2, 0.25) is 0 Å². The maximum Gasteiger partial charge on any atom is 0.251 e. The highest BCUT2D eigenvalue weighted by atomic mass is 35.5. The lowest BCUT2D eigenvalue weighted by Gasteiger charge is -2.33. The number of piperidine rings is 1. The molecule has 1 aromatic rings. The molecule has 0 radical (unpaired) electrons. The number of nitrogens with zero attached hydrogens (tertiary/aromatic N) is 1. The van der Waals surface area contributed by atoms with Crippen LogP contribution in [-0.4, -0.2) is 55.6 Å². The highest BCUT2D eigenvalue weighted by Gasteiger charge is 2.27. The molecule has 6 nitrogen and oxygen atoms in total. The topological polar surface area (TPSA) is 84.7 Å². The molecule has 0 bridgehead atoms. The highest BCUT2D eigenvalue weighted by molar-refractivity contribution is 5.94. The Labute approximate surface area is 142 Å². The first-order chi connectivity index (χ1) is 10.6. The number of nitrogens with two attached hydrogens (primary N) is 1. The van der Waals surface area contributed by atoms with Crippen LogP contribution in [0.4, 0.5) is 0 Å². The predicted molar refractivity (Wildman–Crippen MR) is 90.6 cm³/mol. The molecule has 1 fully saturated rings. The number of rotatable bonds is 5. The zero-order valence-electron chi connectivity index (χ0n) is 13.2. The molecule has 0 aromatic heterocycles. The second-order valence-corrected chi connectivity index (χ2v) is 5.50. The molecule has 0 spiro atoms. The first-order valence-corrected chi connectivity index (χ1v) is 7.51. The molecule has 1 aromatic carbocycles. The van der Waals surface area contributed by atoms with Crippen molar-refractivity contribution in [1.82, 2.24) is 10.2 Å². The molecule has 7 heteroatoms. The third kappa shape index (κ3) is 5.49. The van der Waals surface area contributed by atoms with E-state index in [2.05, 4.69) is 5.32 Å². The van der Waals surface area contributed by atoms with Crippen LogP contribution in [0.1, 0.15) is 23.2 Å². The second kappa shape index (κ2) is 9.50. The third-order valence-corrected chi connectivity index (χ3v) is 3.84. The summed E-state index contributed by atoms with van der Waals surface area (Å²) in [7, 11) is 1.53. The van der Waals surface area contributed by atoms with Gasteiger partial charge < -0.3 is 20.7 Å². The summed E-state index contributed by atoms with van der Waals surface area (Å²) in [6.45, 7) is 1.44. The van der Waals surface area contributed by atoms with Crippen molar-refractivity contribution >= 4 is 24.2 Å². The summed E-state index contributed by atoms with van der Waals surface area (Å²) in [5.74, 6) is -0.156. The van der Waals surface area contributed by atoms with E-state index in [9.17, 15) is 9.59 Å². The minimum atomic E-state index is -0.611. The number of carbonyl (C=O) groups is 2. The van der Waals surface area contributed by atoms with Crippen molar-refractivity contribution in [3.63, 3.8) is 0 Å². The molecule has 1 aliphatic rings. The van der Waals surface area contributed by atoms with E-state index in [-0.39, 0.29) is 36.9 Å². The summed E-state index contributed by atoms with van der Waals surface area (Å²) < 4.78 is 4.91. The van der Waals surface area contributed by atoms with Gasteiger partial charge in [-0.15, -0.1) is 12.4 Å². The third-order valence-electron chi connectivity index (χ3n) is 3.84. The van der Waals surface area contributed by atoms with Crippen molar-refractivity contribution in [1.29, 1.82) is 0 Å². The Hall–Kier alpha value is -1.63. The van der Waals surface area contributed by atoms with E-state index in [1.807, 2.05) is 18.2 Å². The summed E-state index contributed by atoms with van der Waals surface area (Å²) in [5.41, 5.74) is 6.42. The van der Waals surface area contributed by atoms with E-state index >= 15 is 0 Å². The molecule has 1 atom stereocenters. The lowest BCUT2D eigenvalue weighted by atomic mass is 10.0. The molecule has 0 aliphatic carbocycles. The first-order valence-electron chi connectivity index (χ1n) is 7.51. The van der Waals surface area contributed by atoms with Crippen molar-refractivity contribution in [3.8, 4) is 0 Å². The molecule has 1 unspecified atom stereocenters. The quantitative estimate of drug-likeness (QED) is 0.829. The Bertz CT molecular complexity index is 505. The number of hydrogen-bond acceptors (Lipinski definition) is 4. The minimum absolute atomic E-state index is 0. The number of carbonyl (C=O) groups excluding carboxylic acids is 2. The molecular weight excluding hydrogens is 318 g/mol. The lowest BCUT2D eigenvalue weighted by molar-refractivity contribution is -0.134. The largest absolute Gasteiger partial charge is 0.383 e. The predicted octanol–water partition coefficient (Wildman–Crippen LogP) is 0.803. The Balaban J connectivity index is 0.00000264. The van der Waals surface area contributed by atoms with Crippen LogP contribution in [-0.2, 0) is 9.53 Å². The smallest absolute Gasteiger partial charge is 0.251 e. The van der Waals surface area contributed by atoms with E-state index in [4.69, 9.17) is 10.5 Å². The molecule has 1 saturated heterocycles. The molecule has 2 amide bonds. The van der Waals surface area contributed by atoms with Gasteiger partial charge in [-0.25, -0.2) is 0 Å². The normalized spacial score (nSPS) is 16.3. The fourth-order valence-corrected chi connectivity index (χ4v) is 2.59. The van der Waals surface area contributed by atoms with E-state index in [1.165, 1.54) is 7.11 Å². The van der Waals surface area contributed by atoms with Gasteiger partial charge in [0.2, 0.25) is 5.91 Å². The summed E-state index contributed by atoms with van der Waals surface area (Å²) in [5, 5.41) is 3.02. The zero-order chi connectivity index (χ0) is 15.9. The Kier molecular flexibility index (Phi) is 8.02. The molecule has 0 saturated carbocycles.